The molecule has 0 bridgehead atoms. The van der Waals surface area contributed by atoms with Gasteiger partial charge in [-0.15, -0.1) is 0 Å². The lowest BCUT2D eigenvalue weighted by atomic mass is 9.47. The third-order valence-corrected chi connectivity index (χ3v) is 21.2. The van der Waals surface area contributed by atoms with Gasteiger partial charge >= 0.3 is 5.97 Å². The Hall–Kier alpha value is -0.790. The summed E-state index contributed by atoms with van der Waals surface area (Å²) < 4.78 is 6.29. The highest BCUT2D eigenvalue weighted by atomic mass is 16.5. The fourth-order valence-corrected chi connectivity index (χ4v) is 16.8. The maximum Gasteiger partial charge on any atom is 0.306 e. The molecule has 2 heteroatoms. The maximum atomic E-state index is 13.2. The van der Waals surface area contributed by atoms with Crippen molar-refractivity contribution in [1.82, 2.24) is 0 Å². The molecule has 0 saturated heterocycles. The molecule has 0 radical (unpaired) electrons. The number of ether oxygens (including phenoxy) is 1. The molecule has 0 spiro atoms. The van der Waals surface area contributed by atoms with E-state index in [4.69, 9.17) is 4.74 Å². The molecule has 10 aliphatic carbocycles. The van der Waals surface area contributed by atoms with E-state index in [1.807, 2.05) is 0 Å². The van der Waals surface area contributed by atoms with Crippen molar-refractivity contribution in [3.8, 4) is 0 Å². The monoisotopic (exact) mass is 781 g/mol. The molecule has 0 N–H and O–H groups in total. The number of fused-ring (bicyclic) bond motifs is 5. The van der Waals surface area contributed by atoms with E-state index >= 15 is 0 Å². The largest absolute Gasteiger partial charge is 0.462 e. The maximum absolute atomic E-state index is 13.2. The van der Waals surface area contributed by atoms with E-state index < -0.39 is 0 Å². The highest BCUT2D eigenvalue weighted by Crippen LogP contribution is 2.68. The standard InChI is InChI=1S/C55H88O2/c1-7-35-21-37(35)23-39-25-41(39)27-43-29-45(43)31-46-30-44(46)28-42-26-40(42)24-38-22-36(38)11-16-53(56)57-48-17-19-54(5)47(32-48)12-13-49-51-15-14-50(34(4)10-8-9-33(2)3)55(51,6)20-18-52(49)54/h12,33-46,48-52H,7-11,13-32H2,1-6H3. The van der Waals surface area contributed by atoms with Crippen LogP contribution in [0, 0.1) is 117 Å². The minimum atomic E-state index is 0.110. The van der Waals surface area contributed by atoms with Gasteiger partial charge in [-0.25, -0.2) is 0 Å². The van der Waals surface area contributed by atoms with Gasteiger partial charge in [-0.1, -0.05) is 78.9 Å². The first kappa shape index (κ1) is 40.3. The lowest BCUT2D eigenvalue weighted by Crippen LogP contribution is -2.51. The zero-order valence-electron chi connectivity index (χ0n) is 38.0. The molecule has 57 heavy (non-hydrogen) atoms. The van der Waals surface area contributed by atoms with Gasteiger partial charge in [0.1, 0.15) is 6.10 Å². The fourth-order valence-electron chi connectivity index (χ4n) is 16.8. The molecule has 9 fully saturated rings. The van der Waals surface area contributed by atoms with E-state index in [2.05, 4.69) is 47.6 Å². The van der Waals surface area contributed by atoms with Gasteiger partial charge in [0.05, 0.1) is 0 Å². The highest BCUT2D eigenvalue weighted by Gasteiger charge is 2.59. The average molecular weight is 781 g/mol. The Kier molecular flexibility index (Phi) is 11.2. The summed E-state index contributed by atoms with van der Waals surface area (Å²) in [6, 6.07) is 0. The zero-order chi connectivity index (χ0) is 39.2. The Balaban J connectivity index is 0.598. The second kappa shape index (κ2) is 15.8. The molecule has 9 saturated carbocycles. The molecular formula is C55H88O2. The van der Waals surface area contributed by atoms with Crippen LogP contribution in [0.25, 0.3) is 0 Å². The SMILES string of the molecule is CCC1CC1CC1CC1CC1CC1CC1CC1CC1CC1CC1CC1CCC(=O)OC1CCC2(C)C(=CCC3C2CCC2(C)C(C(C)CCCC(C)C)CCC32)C1. The lowest BCUT2D eigenvalue weighted by Gasteiger charge is -2.58. The molecule has 0 amide bonds. The van der Waals surface area contributed by atoms with Gasteiger partial charge in [0.2, 0.25) is 0 Å². The minimum absolute atomic E-state index is 0.110. The van der Waals surface area contributed by atoms with E-state index in [1.165, 1.54) is 83.5 Å². The van der Waals surface area contributed by atoms with Crippen molar-refractivity contribution in [1.29, 1.82) is 0 Å². The molecule has 0 aliphatic heterocycles. The van der Waals surface area contributed by atoms with E-state index in [0.29, 0.717) is 17.3 Å². The third-order valence-electron chi connectivity index (χ3n) is 21.2. The Bertz CT molecular complexity index is 1480. The van der Waals surface area contributed by atoms with Gasteiger partial charge in [0.25, 0.3) is 0 Å². The molecule has 20 unspecified atom stereocenters. The summed E-state index contributed by atoms with van der Waals surface area (Å²) in [5.74, 6) is 18.2. The summed E-state index contributed by atoms with van der Waals surface area (Å²) in [5, 5.41) is 0. The summed E-state index contributed by atoms with van der Waals surface area (Å²) in [6.45, 7) is 15.1. The molecule has 0 aromatic heterocycles. The molecule has 10 rings (SSSR count). The van der Waals surface area contributed by atoms with E-state index in [-0.39, 0.29) is 12.1 Å². The highest BCUT2D eigenvalue weighted by molar-refractivity contribution is 5.69. The van der Waals surface area contributed by atoms with E-state index in [0.717, 1.165) is 126 Å². The number of rotatable bonds is 20. The predicted molar refractivity (Wildman–Crippen MR) is 235 cm³/mol. The van der Waals surface area contributed by atoms with Crippen LogP contribution in [-0.2, 0) is 9.53 Å². The molecule has 0 aromatic rings. The summed E-state index contributed by atoms with van der Waals surface area (Å²) in [7, 11) is 0. The third kappa shape index (κ3) is 8.68. The quantitative estimate of drug-likeness (QED) is 0.0908. The first-order chi connectivity index (χ1) is 27.5. The van der Waals surface area contributed by atoms with Crippen LogP contribution >= 0.6 is 0 Å². The van der Waals surface area contributed by atoms with Crippen molar-refractivity contribution in [2.75, 3.05) is 0 Å². The summed E-state index contributed by atoms with van der Waals surface area (Å²) >= 11 is 0. The van der Waals surface area contributed by atoms with Crippen LogP contribution in [0.3, 0.4) is 0 Å². The Labute approximate surface area is 351 Å². The number of esters is 1. The topological polar surface area (TPSA) is 26.3 Å². The minimum Gasteiger partial charge on any atom is -0.462 e. The van der Waals surface area contributed by atoms with Gasteiger partial charge in [0, 0.05) is 12.8 Å². The molecule has 0 heterocycles. The van der Waals surface area contributed by atoms with Gasteiger partial charge in [-0.05, 0) is 239 Å². The van der Waals surface area contributed by atoms with Crippen LogP contribution in [-0.4, -0.2) is 12.1 Å². The van der Waals surface area contributed by atoms with Crippen molar-refractivity contribution in [2.45, 2.75) is 208 Å². The van der Waals surface area contributed by atoms with Crippen LogP contribution in [0.2, 0.25) is 0 Å². The molecule has 2 nitrogen and oxygen atoms in total. The van der Waals surface area contributed by atoms with Crippen molar-refractivity contribution in [3.05, 3.63) is 11.6 Å². The summed E-state index contributed by atoms with van der Waals surface area (Å²) in [4.78, 5) is 13.2. The molecule has 320 valence electrons. The summed E-state index contributed by atoms with van der Waals surface area (Å²) in [6.07, 6.45) is 37.8. The first-order valence-electron chi connectivity index (χ1n) is 26.4. The van der Waals surface area contributed by atoms with E-state index in [9.17, 15) is 4.79 Å². The van der Waals surface area contributed by atoms with Gasteiger partial charge in [-0.2, -0.15) is 0 Å². The predicted octanol–water partition coefficient (Wildman–Crippen LogP) is 14.9. The van der Waals surface area contributed by atoms with Crippen LogP contribution in [0.5, 0.6) is 0 Å². The number of allylic oxidation sites excluding steroid dienone is 1. The molecule has 10 aliphatic rings. The Morgan fingerprint density at radius 2 is 1.25 bits per heavy atom. The van der Waals surface area contributed by atoms with Gasteiger partial charge in [0.15, 0.2) is 0 Å². The van der Waals surface area contributed by atoms with Crippen LogP contribution in [0.1, 0.15) is 202 Å². The second-order valence-corrected chi connectivity index (χ2v) is 25.3. The lowest BCUT2D eigenvalue weighted by molar-refractivity contribution is -0.151. The molecule has 20 atom stereocenters. The first-order valence-corrected chi connectivity index (χ1v) is 26.4. The zero-order valence-corrected chi connectivity index (χ0v) is 38.0. The fraction of sp³-hybridized carbons (Fsp3) is 0.945. The molecule has 0 aromatic carbocycles. The normalized spacial score (nSPS) is 50.3. The molecular weight excluding hydrogens is 693 g/mol. The van der Waals surface area contributed by atoms with Crippen LogP contribution in [0.4, 0.5) is 0 Å². The smallest absolute Gasteiger partial charge is 0.306 e. The van der Waals surface area contributed by atoms with Crippen molar-refractivity contribution in [3.63, 3.8) is 0 Å². The van der Waals surface area contributed by atoms with Crippen molar-refractivity contribution < 1.29 is 9.53 Å². The number of carbonyl (C=O) groups excluding carboxylic acids is 1. The Morgan fingerprint density at radius 1 is 0.684 bits per heavy atom. The summed E-state index contributed by atoms with van der Waals surface area (Å²) in [5.41, 5.74) is 2.56. The van der Waals surface area contributed by atoms with Crippen molar-refractivity contribution in [2.24, 2.45) is 117 Å². The van der Waals surface area contributed by atoms with E-state index in [1.54, 1.807) is 56.9 Å². The van der Waals surface area contributed by atoms with Gasteiger partial charge in [-0.3, -0.25) is 4.79 Å². The Morgan fingerprint density at radius 3 is 1.82 bits per heavy atom. The number of hydrogen-bond donors (Lipinski definition) is 0. The van der Waals surface area contributed by atoms with Crippen LogP contribution < -0.4 is 0 Å². The van der Waals surface area contributed by atoms with Crippen LogP contribution in [0.15, 0.2) is 11.6 Å². The van der Waals surface area contributed by atoms with Crippen molar-refractivity contribution >= 4 is 5.97 Å². The average Bonchev–Trinajstić information content (AvgIpc) is 3.92. The van der Waals surface area contributed by atoms with Gasteiger partial charge < -0.3 is 4.74 Å². The number of hydrogen-bond acceptors (Lipinski definition) is 2. The number of carbonyl (C=O) groups is 1. The second-order valence-electron chi connectivity index (χ2n) is 25.3.